The van der Waals surface area contributed by atoms with Gasteiger partial charge in [-0.2, -0.15) is 13.2 Å². The smallest absolute Gasteiger partial charge is 0.411 e. The SMILES string of the molecule is ON=Cc1cc(-c2ncc(C(F)(F)F)cc2Cl)c(Cl)cc1F. The number of oxime groups is 1. The lowest BCUT2D eigenvalue weighted by molar-refractivity contribution is -0.137. The average molecular weight is 353 g/mol. The third-order valence-corrected chi connectivity index (χ3v) is 3.31. The van der Waals surface area contributed by atoms with Crippen LogP contribution in [0.3, 0.4) is 0 Å². The van der Waals surface area contributed by atoms with Crippen LogP contribution in [-0.2, 0) is 6.18 Å². The molecule has 0 bridgehead atoms. The highest BCUT2D eigenvalue weighted by atomic mass is 35.5. The maximum absolute atomic E-state index is 13.6. The van der Waals surface area contributed by atoms with Crippen LogP contribution in [0.5, 0.6) is 0 Å². The number of benzene rings is 1. The molecule has 0 saturated carbocycles. The van der Waals surface area contributed by atoms with Gasteiger partial charge in [0.15, 0.2) is 0 Å². The van der Waals surface area contributed by atoms with Gasteiger partial charge >= 0.3 is 6.18 Å². The third-order valence-electron chi connectivity index (χ3n) is 2.71. The maximum Gasteiger partial charge on any atom is 0.417 e. The molecule has 22 heavy (non-hydrogen) atoms. The third kappa shape index (κ3) is 3.31. The van der Waals surface area contributed by atoms with E-state index in [4.69, 9.17) is 28.4 Å². The van der Waals surface area contributed by atoms with Gasteiger partial charge in [0.2, 0.25) is 0 Å². The van der Waals surface area contributed by atoms with Crippen molar-refractivity contribution in [3.05, 3.63) is 51.4 Å². The topological polar surface area (TPSA) is 45.5 Å². The molecule has 0 saturated heterocycles. The summed E-state index contributed by atoms with van der Waals surface area (Å²) in [5.41, 5.74) is -1.08. The van der Waals surface area contributed by atoms with Crippen molar-refractivity contribution < 1.29 is 22.8 Å². The summed E-state index contributed by atoms with van der Waals surface area (Å²) < 4.78 is 51.3. The summed E-state index contributed by atoms with van der Waals surface area (Å²) in [7, 11) is 0. The molecule has 116 valence electrons. The fourth-order valence-corrected chi connectivity index (χ4v) is 2.21. The van der Waals surface area contributed by atoms with Gasteiger partial charge < -0.3 is 5.21 Å². The fraction of sp³-hybridized carbons (Fsp3) is 0.0769. The molecule has 1 heterocycles. The highest BCUT2D eigenvalue weighted by Crippen LogP contribution is 2.36. The minimum atomic E-state index is -4.59. The standard InChI is InChI=1S/C13H6Cl2F4N2O/c14-9-3-11(16)6(4-21-22)1-8(9)12-10(15)2-7(5-20-12)13(17,18)19/h1-5,22H. The Kier molecular flexibility index (Phi) is 4.58. The summed E-state index contributed by atoms with van der Waals surface area (Å²) in [6.45, 7) is 0. The first-order chi connectivity index (χ1) is 10.2. The molecule has 0 unspecified atom stereocenters. The van der Waals surface area contributed by atoms with E-state index in [1.165, 1.54) is 6.07 Å². The van der Waals surface area contributed by atoms with Crippen molar-refractivity contribution in [2.24, 2.45) is 5.16 Å². The first kappa shape index (κ1) is 16.5. The van der Waals surface area contributed by atoms with Gasteiger partial charge in [-0.15, -0.1) is 0 Å². The first-order valence-electron chi connectivity index (χ1n) is 5.63. The van der Waals surface area contributed by atoms with Gasteiger partial charge in [-0.05, 0) is 18.2 Å². The lowest BCUT2D eigenvalue weighted by Crippen LogP contribution is -2.06. The molecular formula is C13H6Cl2F4N2O. The molecule has 0 amide bonds. The summed E-state index contributed by atoms with van der Waals surface area (Å²) in [5, 5.41) is 10.8. The fourth-order valence-electron chi connectivity index (χ4n) is 1.70. The number of rotatable bonds is 2. The molecule has 2 rings (SSSR count). The van der Waals surface area contributed by atoms with Crippen LogP contribution in [0.2, 0.25) is 10.0 Å². The van der Waals surface area contributed by atoms with Gasteiger partial charge in [0.25, 0.3) is 0 Å². The van der Waals surface area contributed by atoms with Crippen molar-refractivity contribution in [1.82, 2.24) is 4.98 Å². The summed E-state index contributed by atoms with van der Waals surface area (Å²) >= 11 is 11.7. The van der Waals surface area contributed by atoms with Crippen LogP contribution in [0.25, 0.3) is 11.3 Å². The van der Waals surface area contributed by atoms with Crippen LogP contribution in [-0.4, -0.2) is 16.4 Å². The van der Waals surface area contributed by atoms with Crippen molar-refractivity contribution in [3.8, 4) is 11.3 Å². The van der Waals surface area contributed by atoms with Gasteiger partial charge in [0.05, 0.1) is 27.5 Å². The summed E-state index contributed by atoms with van der Waals surface area (Å²) in [5.74, 6) is -0.769. The summed E-state index contributed by atoms with van der Waals surface area (Å²) in [6.07, 6.45) is -3.18. The Balaban J connectivity index is 2.59. The van der Waals surface area contributed by atoms with E-state index in [0.717, 1.165) is 12.3 Å². The van der Waals surface area contributed by atoms with E-state index in [9.17, 15) is 17.6 Å². The van der Waals surface area contributed by atoms with Gasteiger partial charge in [-0.1, -0.05) is 28.4 Å². The van der Waals surface area contributed by atoms with Gasteiger partial charge in [-0.25, -0.2) is 4.39 Å². The zero-order chi connectivity index (χ0) is 16.5. The molecule has 0 aliphatic heterocycles. The van der Waals surface area contributed by atoms with Crippen molar-refractivity contribution in [1.29, 1.82) is 0 Å². The molecule has 0 aliphatic rings. The Morgan fingerprint density at radius 3 is 2.36 bits per heavy atom. The summed E-state index contributed by atoms with van der Waals surface area (Å²) in [4.78, 5) is 3.64. The highest BCUT2D eigenvalue weighted by molar-refractivity contribution is 6.36. The van der Waals surface area contributed by atoms with Crippen LogP contribution in [0.4, 0.5) is 17.6 Å². The predicted molar refractivity (Wildman–Crippen MR) is 74.0 cm³/mol. The largest absolute Gasteiger partial charge is 0.417 e. The highest BCUT2D eigenvalue weighted by Gasteiger charge is 2.31. The number of aromatic nitrogens is 1. The molecule has 9 heteroatoms. The molecular weight excluding hydrogens is 347 g/mol. The second-order valence-electron chi connectivity index (χ2n) is 4.15. The zero-order valence-electron chi connectivity index (χ0n) is 10.5. The van der Waals surface area contributed by atoms with Crippen molar-refractivity contribution in [2.75, 3.05) is 0 Å². The second-order valence-corrected chi connectivity index (χ2v) is 4.96. The van der Waals surface area contributed by atoms with E-state index in [2.05, 4.69) is 10.1 Å². The lowest BCUT2D eigenvalue weighted by Gasteiger charge is -2.11. The Morgan fingerprint density at radius 2 is 1.82 bits per heavy atom. The van der Waals surface area contributed by atoms with E-state index in [1.54, 1.807) is 0 Å². The molecule has 0 atom stereocenters. The molecule has 1 aromatic heterocycles. The molecule has 0 spiro atoms. The first-order valence-corrected chi connectivity index (χ1v) is 6.39. The quantitative estimate of drug-likeness (QED) is 0.357. The maximum atomic E-state index is 13.6. The van der Waals surface area contributed by atoms with E-state index in [1.807, 2.05) is 0 Å². The normalized spacial score (nSPS) is 12.1. The minimum absolute atomic E-state index is 0.0488. The lowest BCUT2D eigenvalue weighted by atomic mass is 10.1. The average Bonchev–Trinajstić information content (AvgIpc) is 2.41. The van der Waals surface area contributed by atoms with Crippen LogP contribution in [0, 0.1) is 5.82 Å². The molecule has 0 aliphatic carbocycles. The number of hydrogen-bond acceptors (Lipinski definition) is 3. The number of halogens is 6. The number of hydrogen-bond donors (Lipinski definition) is 1. The van der Waals surface area contributed by atoms with E-state index in [-0.39, 0.29) is 26.9 Å². The zero-order valence-corrected chi connectivity index (χ0v) is 12.0. The van der Waals surface area contributed by atoms with Crippen molar-refractivity contribution in [2.45, 2.75) is 6.18 Å². The monoisotopic (exact) mass is 352 g/mol. The van der Waals surface area contributed by atoms with E-state index >= 15 is 0 Å². The Morgan fingerprint density at radius 1 is 1.14 bits per heavy atom. The van der Waals surface area contributed by atoms with Crippen LogP contribution in [0.15, 0.2) is 29.6 Å². The minimum Gasteiger partial charge on any atom is -0.411 e. The Bertz CT molecular complexity index is 748. The van der Waals surface area contributed by atoms with Gasteiger partial charge in [0, 0.05) is 17.3 Å². The van der Waals surface area contributed by atoms with Gasteiger partial charge in [0.1, 0.15) is 5.82 Å². The molecule has 0 fully saturated rings. The number of nitrogens with zero attached hydrogens (tertiary/aromatic N) is 2. The van der Waals surface area contributed by atoms with Crippen LogP contribution < -0.4 is 0 Å². The van der Waals surface area contributed by atoms with Gasteiger partial charge in [-0.3, -0.25) is 4.98 Å². The predicted octanol–water partition coefficient (Wildman–Crippen LogP) is 5.02. The van der Waals surface area contributed by atoms with Crippen molar-refractivity contribution >= 4 is 29.4 Å². The second kappa shape index (κ2) is 6.10. The molecule has 0 radical (unpaired) electrons. The van der Waals surface area contributed by atoms with E-state index in [0.29, 0.717) is 12.3 Å². The number of alkyl halides is 3. The van der Waals surface area contributed by atoms with E-state index < -0.39 is 17.6 Å². The Hall–Kier alpha value is -1.86. The Labute approximate surface area is 131 Å². The van der Waals surface area contributed by atoms with Crippen LogP contribution in [0.1, 0.15) is 11.1 Å². The molecule has 1 aromatic carbocycles. The number of pyridine rings is 1. The summed E-state index contributed by atoms with van der Waals surface area (Å²) in [6, 6.07) is 2.78. The van der Waals surface area contributed by atoms with Crippen LogP contribution >= 0.6 is 23.2 Å². The molecule has 1 N–H and O–H groups in total. The molecule has 3 nitrogen and oxygen atoms in total. The molecule has 2 aromatic rings. The van der Waals surface area contributed by atoms with Crippen molar-refractivity contribution in [3.63, 3.8) is 0 Å².